The van der Waals surface area contributed by atoms with E-state index in [-0.39, 0.29) is 21.7 Å². The van der Waals surface area contributed by atoms with Crippen molar-refractivity contribution < 1.29 is 18.7 Å². The minimum absolute atomic E-state index is 0.0193. The van der Waals surface area contributed by atoms with Crippen LogP contribution < -0.4 is 14.8 Å². The molecular formula is C17H16Cl2FNO3. The number of carbonyl (C=O) groups excluding carboxylic acids is 1. The molecule has 1 atom stereocenters. The standard InChI is InChI=1S/C17H16Cl2FNO3/c1-9(10-4-5-15(23-2)16(6-10)24-3)21-17(22)11-7-14(20)13(19)8-12(11)18/h4-9H,1-3H3,(H,21,22). The minimum atomic E-state index is -0.704. The average Bonchev–Trinajstić information content (AvgIpc) is 2.57. The van der Waals surface area contributed by atoms with Crippen molar-refractivity contribution in [2.75, 3.05) is 14.2 Å². The van der Waals surface area contributed by atoms with Gasteiger partial charge in [0.05, 0.1) is 35.9 Å². The predicted octanol–water partition coefficient (Wildman–Crippen LogP) is 4.64. The molecule has 0 bridgehead atoms. The van der Waals surface area contributed by atoms with Crippen molar-refractivity contribution in [3.8, 4) is 11.5 Å². The van der Waals surface area contributed by atoms with Gasteiger partial charge in [0.15, 0.2) is 11.5 Å². The van der Waals surface area contributed by atoms with E-state index in [2.05, 4.69) is 5.32 Å². The Labute approximate surface area is 149 Å². The number of benzene rings is 2. The van der Waals surface area contributed by atoms with E-state index in [1.165, 1.54) is 13.2 Å². The van der Waals surface area contributed by atoms with Gasteiger partial charge in [0, 0.05) is 0 Å². The van der Waals surface area contributed by atoms with E-state index in [4.69, 9.17) is 32.7 Å². The number of nitrogens with one attached hydrogen (secondary N) is 1. The topological polar surface area (TPSA) is 47.6 Å². The zero-order valence-electron chi connectivity index (χ0n) is 13.3. The normalized spacial score (nSPS) is 11.8. The van der Waals surface area contributed by atoms with Crippen molar-refractivity contribution in [1.82, 2.24) is 5.32 Å². The molecule has 0 aliphatic carbocycles. The average molecular weight is 372 g/mol. The third-order valence-electron chi connectivity index (χ3n) is 3.51. The Morgan fingerprint density at radius 2 is 1.75 bits per heavy atom. The van der Waals surface area contributed by atoms with E-state index in [9.17, 15) is 9.18 Å². The van der Waals surface area contributed by atoms with Gasteiger partial charge in [0.2, 0.25) is 0 Å². The number of halogens is 3. The summed E-state index contributed by atoms with van der Waals surface area (Å²) in [6.45, 7) is 1.79. The summed E-state index contributed by atoms with van der Waals surface area (Å²) in [5.41, 5.74) is 0.817. The monoisotopic (exact) mass is 371 g/mol. The summed E-state index contributed by atoms with van der Waals surface area (Å²) in [4.78, 5) is 12.3. The second kappa shape index (κ2) is 7.73. The number of ether oxygens (including phenoxy) is 2. The molecule has 1 unspecified atom stereocenters. The van der Waals surface area contributed by atoms with Gasteiger partial charge in [-0.3, -0.25) is 4.79 Å². The van der Waals surface area contributed by atoms with Crippen LogP contribution >= 0.6 is 23.2 Å². The summed E-state index contributed by atoms with van der Waals surface area (Å²) in [6.07, 6.45) is 0. The highest BCUT2D eigenvalue weighted by atomic mass is 35.5. The second-order valence-corrected chi connectivity index (χ2v) is 5.87. The molecule has 1 N–H and O–H groups in total. The summed E-state index contributed by atoms with van der Waals surface area (Å²) in [5, 5.41) is 2.71. The van der Waals surface area contributed by atoms with Crippen LogP contribution in [-0.4, -0.2) is 20.1 Å². The van der Waals surface area contributed by atoms with Crippen molar-refractivity contribution in [1.29, 1.82) is 0 Å². The number of rotatable bonds is 5. The van der Waals surface area contributed by atoms with Crippen LogP contribution in [0.4, 0.5) is 4.39 Å². The highest BCUT2D eigenvalue weighted by Crippen LogP contribution is 2.30. The molecule has 0 radical (unpaired) electrons. The molecule has 1 amide bonds. The molecule has 0 aromatic heterocycles. The third-order valence-corrected chi connectivity index (χ3v) is 4.11. The molecule has 0 spiro atoms. The highest BCUT2D eigenvalue weighted by molar-refractivity contribution is 6.36. The molecule has 0 aliphatic rings. The molecule has 128 valence electrons. The van der Waals surface area contributed by atoms with Crippen LogP contribution in [-0.2, 0) is 0 Å². The maximum absolute atomic E-state index is 13.6. The minimum Gasteiger partial charge on any atom is -0.493 e. The van der Waals surface area contributed by atoms with Gasteiger partial charge in [0.25, 0.3) is 5.91 Å². The first-order valence-electron chi connectivity index (χ1n) is 7.04. The van der Waals surface area contributed by atoms with Crippen LogP contribution in [0.3, 0.4) is 0 Å². The largest absolute Gasteiger partial charge is 0.493 e. The first-order chi connectivity index (χ1) is 11.4. The van der Waals surface area contributed by atoms with Crippen LogP contribution in [0.25, 0.3) is 0 Å². The van der Waals surface area contributed by atoms with E-state index in [0.29, 0.717) is 11.5 Å². The molecule has 0 saturated heterocycles. The van der Waals surface area contributed by atoms with Crippen molar-refractivity contribution in [3.05, 3.63) is 57.3 Å². The summed E-state index contributed by atoms with van der Waals surface area (Å²) in [6, 6.07) is 7.17. The summed E-state index contributed by atoms with van der Waals surface area (Å²) in [5.74, 6) is -0.0721. The highest BCUT2D eigenvalue weighted by Gasteiger charge is 2.18. The van der Waals surface area contributed by atoms with E-state index in [1.807, 2.05) is 0 Å². The van der Waals surface area contributed by atoms with Crippen molar-refractivity contribution >= 4 is 29.1 Å². The predicted molar refractivity (Wildman–Crippen MR) is 91.8 cm³/mol. The molecule has 24 heavy (non-hydrogen) atoms. The van der Waals surface area contributed by atoms with Gasteiger partial charge in [0.1, 0.15) is 5.82 Å². The molecule has 0 heterocycles. The molecule has 2 aromatic rings. The number of hydrogen-bond donors (Lipinski definition) is 1. The van der Waals surface area contributed by atoms with Gasteiger partial charge in [-0.05, 0) is 36.8 Å². The lowest BCUT2D eigenvalue weighted by atomic mass is 10.1. The SMILES string of the molecule is COc1ccc(C(C)NC(=O)c2cc(F)c(Cl)cc2Cl)cc1OC. The third kappa shape index (κ3) is 3.91. The van der Waals surface area contributed by atoms with Gasteiger partial charge in [-0.25, -0.2) is 4.39 Å². The van der Waals surface area contributed by atoms with Crippen LogP contribution in [0, 0.1) is 5.82 Å². The fourth-order valence-corrected chi connectivity index (χ4v) is 2.65. The molecule has 2 rings (SSSR count). The Bertz CT molecular complexity index is 768. The first-order valence-corrected chi connectivity index (χ1v) is 7.80. The van der Waals surface area contributed by atoms with Crippen LogP contribution in [0.15, 0.2) is 30.3 Å². The van der Waals surface area contributed by atoms with E-state index in [1.54, 1.807) is 32.2 Å². The van der Waals surface area contributed by atoms with Gasteiger partial charge in [-0.15, -0.1) is 0 Å². The lowest BCUT2D eigenvalue weighted by molar-refractivity contribution is 0.0939. The molecule has 2 aromatic carbocycles. The summed E-state index contributed by atoms with van der Waals surface area (Å²) in [7, 11) is 3.07. The zero-order chi connectivity index (χ0) is 17.9. The Balaban J connectivity index is 2.22. The maximum atomic E-state index is 13.6. The van der Waals surface area contributed by atoms with Crippen LogP contribution in [0.2, 0.25) is 10.0 Å². The number of amides is 1. The zero-order valence-corrected chi connectivity index (χ0v) is 14.8. The quantitative estimate of drug-likeness (QED) is 0.778. The number of methoxy groups -OCH3 is 2. The molecular weight excluding hydrogens is 356 g/mol. The van der Waals surface area contributed by atoms with Crippen molar-refractivity contribution in [2.24, 2.45) is 0 Å². The number of hydrogen-bond acceptors (Lipinski definition) is 3. The Morgan fingerprint density at radius 1 is 1.08 bits per heavy atom. The summed E-state index contributed by atoms with van der Waals surface area (Å²) >= 11 is 11.6. The Morgan fingerprint density at radius 3 is 2.38 bits per heavy atom. The van der Waals surface area contributed by atoms with Crippen LogP contribution in [0.1, 0.15) is 28.9 Å². The van der Waals surface area contributed by atoms with Crippen LogP contribution in [0.5, 0.6) is 11.5 Å². The second-order valence-electron chi connectivity index (χ2n) is 5.06. The van der Waals surface area contributed by atoms with Crippen molar-refractivity contribution in [2.45, 2.75) is 13.0 Å². The lowest BCUT2D eigenvalue weighted by Gasteiger charge is -2.17. The van der Waals surface area contributed by atoms with Gasteiger partial charge in [-0.2, -0.15) is 0 Å². The van der Waals surface area contributed by atoms with Gasteiger partial charge < -0.3 is 14.8 Å². The Hall–Kier alpha value is -1.98. The molecule has 0 aliphatic heterocycles. The van der Waals surface area contributed by atoms with E-state index < -0.39 is 11.7 Å². The fraction of sp³-hybridized carbons (Fsp3) is 0.235. The first kappa shape index (κ1) is 18.4. The smallest absolute Gasteiger partial charge is 0.253 e. The van der Waals surface area contributed by atoms with Crippen molar-refractivity contribution in [3.63, 3.8) is 0 Å². The molecule has 0 saturated carbocycles. The molecule has 0 fully saturated rings. The Kier molecular flexibility index (Phi) is 5.91. The van der Waals surface area contributed by atoms with Gasteiger partial charge in [-0.1, -0.05) is 29.3 Å². The summed E-state index contributed by atoms with van der Waals surface area (Å²) < 4.78 is 24.0. The lowest BCUT2D eigenvalue weighted by Crippen LogP contribution is -2.27. The van der Waals surface area contributed by atoms with E-state index in [0.717, 1.165) is 11.6 Å². The van der Waals surface area contributed by atoms with Gasteiger partial charge >= 0.3 is 0 Å². The molecule has 4 nitrogen and oxygen atoms in total. The number of carbonyl (C=O) groups is 1. The maximum Gasteiger partial charge on any atom is 0.253 e. The molecule has 7 heteroatoms. The van der Waals surface area contributed by atoms with E-state index >= 15 is 0 Å². The fourth-order valence-electron chi connectivity index (χ4n) is 2.18.